The van der Waals surface area contributed by atoms with Gasteiger partial charge in [0.2, 0.25) is 0 Å². The first kappa shape index (κ1) is 18.7. The standard InChI is InChI=1S/C21H30N4O2/c1-16-13-26-21(27-16)20(15-23)18(19(20,14-22)17(24)25-21)11-9-7-5-3-2-4-6-8-10-12-18/h16H,2-13H2,1H3,(H2,24,25)/p+1/t16-,19+,20-,21-/m1/s1. The number of nitrogens with zero attached hydrogens (tertiary/aromatic N) is 2. The minimum absolute atomic E-state index is 0.131. The van der Waals surface area contributed by atoms with Crippen LogP contribution in [0.2, 0.25) is 0 Å². The van der Waals surface area contributed by atoms with Gasteiger partial charge in [-0.1, -0.05) is 57.8 Å². The highest BCUT2D eigenvalue weighted by Gasteiger charge is 3.03. The van der Waals surface area contributed by atoms with Gasteiger partial charge in [-0.2, -0.15) is 10.5 Å². The van der Waals surface area contributed by atoms with Gasteiger partial charge < -0.3 is 9.47 Å². The summed E-state index contributed by atoms with van der Waals surface area (Å²) < 4.78 is 12.2. The molecule has 0 unspecified atom stereocenters. The Morgan fingerprint density at radius 3 is 1.96 bits per heavy atom. The van der Waals surface area contributed by atoms with Gasteiger partial charge in [-0.3, -0.25) is 5.73 Å². The van der Waals surface area contributed by atoms with Crippen LogP contribution in [0.4, 0.5) is 0 Å². The van der Waals surface area contributed by atoms with Gasteiger partial charge in [-0.15, -0.1) is 0 Å². The van der Waals surface area contributed by atoms with E-state index in [4.69, 9.17) is 15.2 Å². The highest BCUT2D eigenvalue weighted by molar-refractivity contribution is 5.95. The topological polar surface area (TPSA) is 106 Å². The molecule has 3 fully saturated rings. The van der Waals surface area contributed by atoms with E-state index in [0.717, 1.165) is 38.5 Å². The lowest BCUT2D eigenvalue weighted by Gasteiger charge is -2.30. The van der Waals surface area contributed by atoms with Gasteiger partial charge in [0.15, 0.2) is 10.8 Å². The predicted molar refractivity (Wildman–Crippen MR) is 98.7 cm³/mol. The van der Waals surface area contributed by atoms with Gasteiger partial charge in [-0.05, 0) is 19.8 Å². The Hall–Kier alpha value is -1.63. The summed E-state index contributed by atoms with van der Waals surface area (Å²) in [6.07, 6.45) is 12.2. The molecule has 0 aromatic carbocycles. The van der Waals surface area contributed by atoms with E-state index in [9.17, 15) is 10.5 Å². The van der Waals surface area contributed by atoms with Crippen LogP contribution in [0.15, 0.2) is 0 Å². The van der Waals surface area contributed by atoms with Crippen LogP contribution in [0.25, 0.3) is 0 Å². The van der Waals surface area contributed by atoms with E-state index < -0.39 is 22.2 Å². The molecule has 0 amide bonds. The van der Waals surface area contributed by atoms with Gasteiger partial charge >= 0.3 is 5.91 Å². The van der Waals surface area contributed by atoms with E-state index in [1.807, 2.05) is 6.92 Å². The summed E-state index contributed by atoms with van der Waals surface area (Å²) in [5, 5.41) is 20.7. The van der Waals surface area contributed by atoms with E-state index in [2.05, 4.69) is 17.1 Å². The molecule has 4 aliphatic rings. The molecule has 0 aromatic rings. The van der Waals surface area contributed by atoms with E-state index >= 15 is 0 Å². The minimum atomic E-state index is -1.28. The van der Waals surface area contributed by atoms with Crippen LogP contribution in [0.5, 0.6) is 0 Å². The molecule has 4 atom stereocenters. The average molecular weight is 372 g/mol. The molecule has 4 rings (SSSR count). The number of nitrogens with two attached hydrogens (primary N) is 1. The molecule has 6 nitrogen and oxygen atoms in total. The number of amidine groups is 1. The number of rotatable bonds is 0. The Morgan fingerprint density at radius 2 is 1.52 bits per heavy atom. The van der Waals surface area contributed by atoms with E-state index in [0.29, 0.717) is 12.4 Å². The summed E-state index contributed by atoms with van der Waals surface area (Å²) in [5.74, 6) is -0.911. The number of nitriles is 2. The van der Waals surface area contributed by atoms with Crippen molar-refractivity contribution >= 4 is 5.84 Å². The Morgan fingerprint density at radius 1 is 0.963 bits per heavy atom. The molecule has 0 bridgehead atoms. The van der Waals surface area contributed by atoms with Crippen molar-refractivity contribution in [1.29, 1.82) is 10.5 Å². The maximum Gasteiger partial charge on any atom is 0.343 e. The van der Waals surface area contributed by atoms with Crippen LogP contribution in [0, 0.1) is 38.9 Å². The fourth-order valence-electron chi connectivity index (χ4n) is 6.41. The SMILES string of the molecule is C[C@@H]1CO[C@@]2([NH+]=C(N)[C@@]3(C#N)C4(CCCCCCCCCCC4)[C@@]23C#N)O1. The Kier molecular flexibility index (Phi) is 4.48. The molecule has 27 heavy (non-hydrogen) atoms. The molecule has 2 heterocycles. The van der Waals surface area contributed by atoms with E-state index in [1.54, 1.807) is 0 Å². The highest BCUT2D eigenvalue weighted by Crippen LogP contribution is 2.86. The molecule has 6 heteroatoms. The lowest BCUT2D eigenvalue weighted by molar-refractivity contribution is -0.680. The molecule has 3 N–H and O–H groups in total. The third-order valence-electron chi connectivity index (χ3n) is 7.56. The Balaban J connectivity index is 1.75. The summed E-state index contributed by atoms with van der Waals surface area (Å²) in [6.45, 7) is 2.33. The maximum absolute atomic E-state index is 10.4. The lowest BCUT2D eigenvalue weighted by atomic mass is 9.80. The molecule has 2 aliphatic heterocycles. The molecule has 2 saturated carbocycles. The molecular weight excluding hydrogens is 340 g/mol. The third-order valence-corrected chi connectivity index (χ3v) is 7.56. The number of hydrogen-bond donors (Lipinski definition) is 2. The molecule has 146 valence electrons. The normalized spacial score (nSPS) is 43.8. The molecule has 2 spiro atoms. The van der Waals surface area contributed by atoms with Gasteiger partial charge in [-0.25, -0.2) is 4.99 Å². The molecule has 2 aliphatic carbocycles. The summed E-state index contributed by atoms with van der Waals surface area (Å²) >= 11 is 0. The van der Waals surface area contributed by atoms with Crippen molar-refractivity contribution in [2.75, 3.05) is 6.61 Å². The fourth-order valence-corrected chi connectivity index (χ4v) is 6.41. The zero-order chi connectivity index (χ0) is 19.2. The van der Waals surface area contributed by atoms with Crippen molar-refractivity contribution in [3.63, 3.8) is 0 Å². The van der Waals surface area contributed by atoms with E-state index in [1.165, 1.54) is 32.1 Å². The summed E-state index contributed by atoms with van der Waals surface area (Å²) in [5.41, 5.74) is 3.84. The summed E-state index contributed by atoms with van der Waals surface area (Å²) in [4.78, 5) is 3.11. The van der Waals surface area contributed by atoms with Crippen molar-refractivity contribution in [3.05, 3.63) is 0 Å². The van der Waals surface area contributed by atoms with E-state index in [-0.39, 0.29) is 6.10 Å². The van der Waals surface area contributed by atoms with Crippen LogP contribution in [-0.2, 0) is 9.47 Å². The first-order valence-electron chi connectivity index (χ1n) is 10.6. The molecular formula is C21H31N4O2+. The molecule has 1 saturated heterocycles. The predicted octanol–water partition coefficient (Wildman–Crippen LogP) is 1.85. The highest BCUT2D eigenvalue weighted by atomic mass is 16.8. The number of ether oxygens (including phenoxy) is 2. The second-order valence-corrected chi connectivity index (χ2v) is 8.88. The zero-order valence-electron chi connectivity index (χ0n) is 16.4. The molecule has 0 aromatic heterocycles. The first-order valence-corrected chi connectivity index (χ1v) is 10.6. The van der Waals surface area contributed by atoms with Crippen LogP contribution in [-0.4, -0.2) is 24.5 Å². The smallest absolute Gasteiger partial charge is 0.311 e. The van der Waals surface area contributed by atoms with Crippen molar-refractivity contribution < 1.29 is 14.5 Å². The largest absolute Gasteiger partial charge is 0.343 e. The van der Waals surface area contributed by atoms with Crippen LogP contribution in [0.1, 0.15) is 77.6 Å². The van der Waals surface area contributed by atoms with Crippen molar-refractivity contribution in [2.24, 2.45) is 22.0 Å². The minimum Gasteiger partial charge on any atom is -0.311 e. The Bertz CT molecular complexity index is 711. The van der Waals surface area contributed by atoms with Gasteiger partial charge in [0, 0.05) is 5.41 Å². The number of nitrogens with one attached hydrogen (secondary N) is 1. The lowest BCUT2D eigenvalue weighted by Crippen LogP contribution is -2.90. The van der Waals surface area contributed by atoms with Gasteiger partial charge in [0.05, 0.1) is 24.8 Å². The van der Waals surface area contributed by atoms with Crippen LogP contribution in [0.3, 0.4) is 0 Å². The molecule has 0 radical (unpaired) electrons. The third kappa shape index (κ3) is 2.09. The first-order chi connectivity index (χ1) is 13.1. The Labute approximate surface area is 161 Å². The zero-order valence-corrected chi connectivity index (χ0v) is 16.4. The second-order valence-electron chi connectivity index (χ2n) is 8.88. The van der Waals surface area contributed by atoms with Crippen molar-refractivity contribution in [1.82, 2.24) is 0 Å². The number of hydrogen-bond acceptors (Lipinski definition) is 5. The van der Waals surface area contributed by atoms with Gasteiger partial charge in [0.1, 0.15) is 0 Å². The average Bonchev–Trinajstić information content (AvgIpc) is 2.81. The number of fused-ring (bicyclic) bond motifs is 4. The monoisotopic (exact) mass is 371 g/mol. The fraction of sp³-hybridized carbons (Fsp3) is 0.857. The summed E-state index contributed by atoms with van der Waals surface area (Å²) in [7, 11) is 0. The van der Waals surface area contributed by atoms with Crippen LogP contribution < -0.4 is 10.7 Å². The second kappa shape index (κ2) is 6.47. The maximum atomic E-state index is 10.4. The van der Waals surface area contributed by atoms with Crippen molar-refractivity contribution in [3.8, 4) is 12.1 Å². The quantitative estimate of drug-likeness (QED) is 0.676. The van der Waals surface area contributed by atoms with Crippen molar-refractivity contribution in [2.45, 2.75) is 89.6 Å². The van der Waals surface area contributed by atoms with Gasteiger partial charge in [0.25, 0.3) is 5.84 Å². The summed E-state index contributed by atoms with van der Waals surface area (Å²) in [6, 6.07) is 5.01. The van der Waals surface area contributed by atoms with Crippen LogP contribution >= 0.6 is 0 Å².